The fraction of sp³-hybridized carbons (Fsp3) is 0.192. The number of hydrogen-bond donors (Lipinski definition) is 1. The van der Waals surface area contributed by atoms with Crippen LogP contribution in [0.4, 0.5) is 17.3 Å². The molecule has 0 atom stereocenters. The van der Waals surface area contributed by atoms with E-state index in [1.165, 1.54) is 5.69 Å². The number of aryl methyl sites for hydroxylation is 1. The minimum absolute atomic E-state index is 0.278. The van der Waals surface area contributed by atoms with Gasteiger partial charge in [-0.3, -0.25) is 4.79 Å². The highest BCUT2D eigenvalue weighted by Crippen LogP contribution is 2.22. The van der Waals surface area contributed by atoms with Crippen LogP contribution in [0.25, 0.3) is 5.69 Å². The van der Waals surface area contributed by atoms with Crippen molar-refractivity contribution in [3.05, 3.63) is 95.3 Å². The molecule has 0 radical (unpaired) electrons. The van der Waals surface area contributed by atoms with Gasteiger partial charge in [0.25, 0.3) is 5.91 Å². The summed E-state index contributed by atoms with van der Waals surface area (Å²) in [5, 5.41) is 8.11. The number of rotatable bonds is 5. The molecular weight excluding hydrogens is 448 g/mol. The Morgan fingerprint density at radius 2 is 1.56 bits per heavy atom. The molecule has 1 aliphatic rings. The van der Waals surface area contributed by atoms with Crippen LogP contribution in [0, 0.1) is 6.92 Å². The van der Waals surface area contributed by atoms with Crippen LogP contribution in [-0.2, 0) is 0 Å². The first kappa shape index (κ1) is 22.0. The lowest BCUT2D eigenvalue weighted by molar-refractivity contribution is 0.102. The van der Waals surface area contributed by atoms with E-state index in [9.17, 15) is 4.79 Å². The highest BCUT2D eigenvalue weighted by Gasteiger charge is 2.20. The first-order valence-corrected chi connectivity index (χ1v) is 11.6. The van der Waals surface area contributed by atoms with Crippen molar-refractivity contribution in [3.63, 3.8) is 0 Å². The van der Waals surface area contributed by atoms with E-state index in [4.69, 9.17) is 11.6 Å². The van der Waals surface area contributed by atoms with Crippen molar-refractivity contribution in [2.45, 2.75) is 6.92 Å². The molecule has 172 valence electrons. The number of hydrogen-bond acceptors (Lipinski definition) is 5. The Labute approximate surface area is 203 Å². The van der Waals surface area contributed by atoms with E-state index in [0.29, 0.717) is 16.5 Å². The Morgan fingerprint density at radius 1 is 0.853 bits per heavy atom. The SMILES string of the molecule is Cc1cc(NC(=O)c2cccc(N3CCN(c4ccccc4)CC3)n2)n(-c2ccc(Cl)cc2)n1. The van der Waals surface area contributed by atoms with Gasteiger partial charge in [0, 0.05) is 43.0 Å². The van der Waals surface area contributed by atoms with Gasteiger partial charge < -0.3 is 15.1 Å². The Balaban J connectivity index is 1.29. The predicted octanol–water partition coefficient (Wildman–Crippen LogP) is 4.81. The van der Waals surface area contributed by atoms with Gasteiger partial charge in [0.1, 0.15) is 17.3 Å². The number of nitrogens with one attached hydrogen (secondary N) is 1. The zero-order valence-electron chi connectivity index (χ0n) is 18.9. The molecule has 4 aromatic rings. The van der Waals surface area contributed by atoms with E-state index in [1.807, 2.05) is 43.3 Å². The fourth-order valence-electron chi connectivity index (χ4n) is 4.11. The van der Waals surface area contributed by atoms with Gasteiger partial charge in [-0.25, -0.2) is 9.67 Å². The van der Waals surface area contributed by atoms with E-state index >= 15 is 0 Å². The molecule has 3 heterocycles. The van der Waals surface area contributed by atoms with Crippen molar-refractivity contribution in [1.29, 1.82) is 0 Å². The monoisotopic (exact) mass is 472 g/mol. The van der Waals surface area contributed by atoms with E-state index in [0.717, 1.165) is 43.4 Å². The van der Waals surface area contributed by atoms with Gasteiger partial charge in [0.2, 0.25) is 0 Å². The number of piperazine rings is 1. The normalized spacial score (nSPS) is 13.7. The summed E-state index contributed by atoms with van der Waals surface area (Å²) in [6.45, 7) is 5.38. The molecular formula is C26H25ClN6O. The average molecular weight is 473 g/mol. The second-order valence-electron chi connectivity index (χ2n) is 8.20. The topological polar surface area (TPSA) is 66.3 Å². The number of anilines is 3. The number of para-hydroxylation sites is 1. The predicted molar refractivity (Wildman–Crippen MR) is 136 cm³/mol. The molecule has 7 nitrogen and oxygen atoms in total. The maximum atomic E-state index is 13.1. The van der Waals surface area contributed by atoms with Gasteiger partial charge in [-0.15, -0.1) is 0 Å². The van der Waals surface area contributed by atoms with Crippen molar-refractivity contribution in [2.75, 3.05) is 41.3 Å². The number of amides is 1. The van der Waals surface area contributed by atoms with Crippen molar-refractivity contribution in [3.8, 4) is 5.69 Å². The van der Waals surface area contributed by atoms with Gasteiger partial charge in [-0.2, -0.15) is 5.10 Å². The lowest BCUT2D eigenvalue weighted by Gasteiger charge is -2.36. The van der Waals surface area contributed by atoms with Crippen LogP contribution in [0.2, 0.25) is 5.02 Å². The Bertz CT molecular complexity index is 1280. The van der Waals surface area contributed by atoms with Gasteiger partial charge in [-0.1, -0.05) is 35.9 Å². The highest BCUT2D eigenvalue weighted by atomic mass is 35.5. The largest absolute Gasteiger partial charge is 0.368 e. The summed E-state index contributed by atoms with van der Waals surface area (Å²) in [7, 11) is 0. The van der Waals surface area contributed by atoms with Gasteiger partial charge in [0.05, 0.1) is 11.4 Å². The van der Waals surface area contributed by atoms with Crippen molar-refractivity contribution in [2.24, 2.45) is 0 Å². The van der Waals surface area contributed by atoms with E-state index in [1.54, 1.807) is 22.9 Å². The maximum Gasteiger partial charge on any atom is 0.275 e. The van der Waals surface area contributed by atoms with E-state index in [-0.39, 0.29) is 5.91 Å². The van der Waals surface area contributed by atoms with Crippen LogP contribution >= 0.6 is 11.6 Å². The third kappa shape index (κ3) is 4.75. The summed E-state index contributed by atoms with van der Waals surface area (Å²) < 4.78 is 1.69. The van der Waals surface area contributed by atoms with E-state index < -0.39 is 0 Å². The minimum atomic E-state index is -0.278. The number of carbonyl (C=O) groups is 1. The zero-order valence-corrected chi connectivity index (χ0v) is 19.6. The summed E-state index contributed by atoms with van der Waals surface area (Å²) in [5.41, 5.74) is 3.20. The second kappa shape index (κ2) is 9.57. The molecule has 1 N–H and O–H groups in total. The lowest BCUT2D eigenvalue weighted by Crippen LogP contribution is -2.46. The van der Waals surface area contributed by atoms with E-state index in [2.05, 4.69) is 49.5 Å². The standard InChI is InChI=1S/C26H25ClN6O/c1-19-18-25(33(30-19)22-12-10-20(27)11-13-22)29-26(34)23-8-5-9-24(28-23)32-16-14-31(15-17-32)21-6-3-2-4-7-21/h2-13,18H,14-17H2,1H3,(H,29,34). The number of carbonyl (C=O) groups excluding carboxylic acids is 1. The first-order chi connectivity index (χ1) is 16.6. The molecule has 1 fully saturated rings. The summed E-state index contributed by atoms with van der Waals surface area (Å²) >= 11 is 6.01. The molecule has 2 aromatic heterocycles. The summed E-state index contributed by atoms with van der Waals surface area (Å²) in [4.78, 5) is 22.3. The molecule has 34 heavy (non-hydrogen) atoms. The maximum absolute atomic E-state index is 13.1. The van der Waals surface area contributed by atoms with Crippen LogP contribution in [-0.4, -0.2) is 46.9 Å². The molecule has 1 saturated heterocycles. The smallest absolute Gasteiger partial charge is 0.275 e. The molecule has 8 heteroatoms. The Hall–Kier alpha value is -3.84. The highest BCUT2D eigenvalue weighted by molar-refractivity contribution is 6.30. The van der Waals surface area contributed by atoms with Crippen LogP contribution in [0.1, 0.15) is 16.2 Å². The fourth-order valence-corrected chi connectivity index (χ4v) is 4.23. The van der Waals surface area contributed by atoms with Gasteiger partial charge >= 0.3 is 0 Å². The summed E-state index contributed by atoms with van der Waals surface area (Å²) in [6, 6.07) is 25.1. The van der Waals surface area contributed by atoms with Crippen LogP contribution < -0.4 is 15.1 Å². The van der Waals surface area contributed by atoms with Crippen molar-refractivity contribution >= 4 is 34.8 Å². The molecule has 0 spiro atoms. The minimum Gasteiger partial charge on any atom is -0.368 e. The average Bonchev–Trinajstić information content (AvgIpc) is 3.25. The molecule has 1 aliphatic heterocycles. The second-order valence-corrected chi connectivity index (χ2v) is 8.64. The van der Waals surface area contributed by atoms with Crippen LogP contribution in [0.3, 0.4) is 0 Å². The lowest BCUT2D eigenvalue weighted by atomic mass is 10.2. The molecule has 5 rings (SSSR count). The molecule has 1 amide bonds. The quantitative estimate of drug-likeness (QED) is 0.451. The number of nitrogens with zero attached hydrogens (tertiary/aromatic N) is 5. The Morgan fingerprint density at radius 3 is 2.29 bits per heavy atom. The number of pyridine rings is 1. The summed E-state index contributed by atoms with van der Waals surface area (Å²) in [6.07, 6.45) is 0. The molecule has 0 unspecified atom stereocenters. The number of benzene rings is 2. The van der Waals surface area contributed by atoms with Crippen LogP contribution in [0.15, 0.2) is 78.9 Å². The third-order valence-corrected chi connectivity index (χ3v) is 6.09. The molecule has 0 aliphatic carbocycles. The zero-order chi connectivity index (χ0) is 23.5. The Kier molecular flexibility index (Phi) is 6.18. The van der Waals surface area contributed by atoms with Crippen molar-refractivity contribution in [1.82, 2.24) is 14.8 Å². The van der Waals surface area contributed by atoms with Gasteiger partial charge in [-0.05, 0) is 55.5 Å². The molecule has 2 aromatic carbocycles. The number of aromatic nitrogens is 3. The summed E-state index contributed by atoms with van der Waals surface area (Å²) in [5.74, 6) is 1.11. The third-order valence-electron chi connectivity index (χ3n) is 5.84. The molecule has 0 bridgehead atoms. The molecule has 0 saturated carbocycles. The van der Waals surface area contributed by atoms with Crippen molar-refractivity contribution < 1.29 is 4.79 Å². The van der Waals surface area contributed by atoms with Crippen LogP contribution in [0.5, 0.6) is 0 Å². The first-order valence-electron chi connectivity index (χ1n) is 11.2. The van der Waals surface area contributed by atoms with Gasteiger partial charge in [0.15, 0.2) is 0 Å². The number of halogens is 1.